The van der Waals surface area contributed by atoms with E-state index in [0.29, 0.717) is 16.9 Å². The fourth-order valence-electron chi connectivity index (χ4n) is 3.64. The van der Waals surface area contributed by atoms with E-state index in [4.69, 9.17) is 4.74 Å². The molecule has 3 aromatic heterocycles. The van der Waals surface area contributed by atoms with E-state index < -0.39 is 11.6 Å². The van der Waals surface area contributed by atoms with Gasteiger partial charge in [-0.05, 0) is 64.2 Å². The molecule has 0 radical (unpaired) electrons. The van der Waals surface area contributed by atoms with Crippen molar-refractivity contribution in [3.05, 3.63) is 65.5 Å². The molecule has 0 bridgehead atoms. The molecule has 1 aliphatic carbocycles. The minimum absolute atomic E-state index is 0.177. The summed E-state index contributed by atoms with van der Waals surface area (Å²) in [6, 6.07) is 5.44. The fourth-order valence-corrected chi connectivity index (χ4v) is 3.64. The minimum Gasteiger partial charge on any atom is -0.381 e. The van der Waals surface area contributed by atoms with E-state index in [0.717, 1.165) is 36.6 Å². The van der Waals surface area contributed by atoms with Crippen molar-refractivity contribution in [1.29, 1.82) is 0 Å². The van der Waals surface area contributed by atoms with Gasteiger partial charge in [0.2, 0.25) is 0 Å². The maximum atomic E-state index is 13.9. The molecule has 1 saturated heterocycles. The summed E-state index contributed by atoms with van der Waals surface area (Å²) in [6.07, 6.45) is 9.92. The SMILES string of the molecule is C1CCOCC1.Cc1nc2ncnc(-c3ccc(F)cc3F)c2nc1C.Cn1ccc(C2CC2)n1. The molecule has 1 aromatic carbocycles. The molecule has 0 N–H and O–H groups in total. The first-order valence-electron chi connectivity index (χ1n) is 11.9. The highest BCUT2D eigenvalue weighted by atomic mass is 19.1. The van der Waals surface area contributed by atoms with Crippen molar-refractivity contribution < 1.29 is 13.5 Å². The highest BCUT2D eigenvalue weighted by molar-refractivity contribution is 5.86. The molecule has 4 heterocycles. The van der Waals surface area contributed by atoms with E-state index >= 15 is 0 Å². The summed E-state index contributed by atoms with van der Waals surface area (Å²) in [6.45, 7) is 5.63. The smallest absolute Gasteiger partial charge is 0.182 e. The number of hydrogen-bond donors (Lipinski definition) is 0. The maximum Gasteiger partial charge on any atom is 0.182 e. The van der Waals surface area contributed by atoms with Crippen molar-refractivity contribution in [3.63, 3.8) is 0 Å². The average Bonchev–Trinajstić information content (AvgIpc) is 3.62. The molecular formula is C26H30F2N6O. The van der Waals surface area contributed by atoms with Gasteiger partial charge in [0.1, 0.15) is 29.2 Å². The van der Waals surface area contributed by atoms with E-state index in [1.165, 1.54) is 56.3 Å². The lowest BCUT2D eigenvalue weighted by atomic mass is 10.1. The van der Waals surface area contributed by atoms with Crippen LogP contribution in [0.5, 0.6) is 0 Å². The Kier molecular flexibility index (Phi) is 8.07. The molecule has 9 heteroatoms. The van der Waals surface area contributed by atoms with Gasteiger partial charge in [0, 0.05) is 44.0 Å². The molecule has 2 aliphatic rings. The summed E-state index contributed by atoms with van der Waals surface area (Å²) in [5.41, 5.74) is 4.03. The second-order valence-electron chi connectivity index (χ2n) is 8.77. The van der Waals surface area contributed by atoms with Crippen LogP contribution in [0.2, 0.25) is 0 Å². The summed E-state index contributed by atoms with van der Waals surface area (Å²) in [5.74, 6) is -0.529. The monoisotopic (exact) mass is 480 g/mol. The Morgan fingerprint density at radius 2 is 1.69 bits per heavy atom. The number of fused-ring (bicyclic) bond motifs is 1. The lowest BCUT2D eigenvalue weighted by Crippen LogP contribution is -2.03. The quantitative estimate of drug-likeness (QED) is 0.379. The van der Waals surface area contributed by atoms with Crippen LogP contribution in [-0.4, -0.2) is 42.9 Å². The molecular weight excluding hydrogens is 450 g/mol. The van der Waals surface area contributed by atoms with Gasteiger partial charge in [-0.25, -0.2) is 28.7 Å². The van der Waals surface area contributed by atoms with E-state index in [-0.39, 0.29) is 5.56 Å². The summed E-state index contributed by atoms with van der Waals surface area (Å²) >= 11 is 0. The second-order valence-corrected chi connectivity index (χ2v) is 8.77. The Bertz CT molecular complexity index is 1270. The van der Waals surface area contributed by atoms with Crippen LogP contribution in [0, 0.1) is 25.5 Å². The Morgan fingerprint density at radius 1 is 0.943 bits per heavy atom. The van der Waals surface area contributed by atoms with E-state index in [2.05, 4.69) is 31.1 Å². The Labute approximate surface area is 203 Å². The molecule has 2 fully saturated rings. The van der Waals surface area contributed by atoms with E-state index in [1.807, 2.05) is 24.9 Å². The van der Waals surface area contributed by atoms with E-state index in [1.54, 1.807) is 6.92 Å². The molecule has 0 atom stereocenters. The van der Waals surface area contributed by atoms with Crippen LogP contribution in [-0.2, 0) is 11.8 Å². The van der Waals surface area contributed by atoms with Gasteiger partial charge in [0.05, 0.1) is 17.1 Å². The Balaban J connectivity index is 0.000000156. The van der Waals surface area contributed by atoms with Gasteiger partial charge in [-0.3, -0.25) is 4.68 Å². The predicted octanol–water partition coefficient (Wildman–Crippen LogP) is 5.47. The third-order valence-corrected chi connectivity index (χ3v) is 5.87. The van der Waals surface area contributed by atoms with Crippen molar-refractivity contribution in [3.8, 4) is 11.3 Å². The van der Waals surface area contributed by atoms with Crippen molar-refractivity contribution in [2.45, 2.75) is 51.9 Å². The predicted molar refractivity (Wildman–Crippen MR) is 130 cm³/mol. The van der Waals surface area contributed by atoms with Crippen molar-refractivity contribution in [2.75, 3.05) is 13.2 Å². The molecule has 4 aromatic rings. The number of halogens is 2. The summed E-state index contributed by atoms with van der Waals surface area (Å²) in [4.78, 5) is 16.8. The summed E-state index contributed by atoms with van der Waals surface area (Å²) < 4.78 is 33.8. The topological polar surface area (TPSA) is 78.6 Å². The summed E-state index contributed by atoms with van der Waals surface area (Å²) in [5, 5.41) is 4.29. The molecule has 7 nitrogen and oxygen atoms in total. The van der Waals surface area contributed by atoms with Crippen LogP contribution in [0.4, 0.5) is 8.78 Å². The summed E-state index contributed by atoms with van der Waals surface area (Å²) in [7, 11) is 1.96. The van der Waals surface area contributed by atoms with Gasteiger partial charge >= 0.3 is 0 Å². The first kappa shape index (κ1) is 24.8. The maximum absolute atomic E-state index is 13.9. The van der Waals surface area contributed by atoms with Gasteiger partial charge in [-0.1, -0.05) is 0 Å². The molecule has 184 valence electrons. The third kappa shape index (κ3) is 6.63. The zero-order chi connectivity index (χ0) is 24.8. The van der Waals surface area contributed by atoms with Crippen LogP contribution >= 0.6 is 0 Å². The highest BCUT2D eigenvalue weighted by Gasteiger charge is 2.25. The fraction of sp³-hybridized carbons (Fsp3) is 0.423. The van der Waals surface area contributed by atoms with Crippen LogP contribution < -0.4 is 0 Å². The number of hydrogen-bond acceptors (Lipinski definition) is 6. The molecule has 35 heavy (non-hydrogen) atoms. The zero-order valence-electron chi connectivity index (χ0n) is 20.3. The molecule has 0 amide bonds. The van der Waals surface area contributed by atoms with E-state index in [9.17, 15) is 8.78 Å². The Morgan fingerprint density at radius 3 is 2.26 bits per heavy atom. The second kappa shape index (κ2) is 11.4. The number of aryl methyl sites for hydroxylation is 3. The first-order valence-corrected chi connectivity index (χ1v) is 11.9. The molecule has 0 unspecified atom stereocenters. The van der Waals surface area contributed by atoms with Gasteiger partial charge < -0.3 is 4.74 Å². The lowest BCUT2D eigenvalue weighted by Gasteiger charge is -2.08. The molecule has 6 rings (SSSR count). The normalized spacial score (nSPS) is 15.1. The largest absolute Gasteiger partial charge is 0.381 e. The van der Waals surface area contributed by atoms with Crippen LogP contribution in [0.25, 0.3) is 22.4 Å². The number of benzene rings is 1. The van der Waals surface area contributed by atoms with Crippen molar-refractivity contribution in [2.24, 2.45) is 7.05 Å². The van der Waals surface area contributed by atoms with Crippen LogP contribution in [0.3, 0.4) is 0 Å². The standard InChI is InChI=1S/C14H10F2N4.C7H10N2.C5H10O/c1-7-8(2)20-14-13(19-7)12(17-6-18-14)10-4-3-9(15)5-11(10)16;1-9-5-4-7(8-9)6-2-3-6;1-2-4-6-5-3-1/h3-6H,1-2H3;4-6H,2-3H2,1H3;1-5H2. The number of aromatic nitrogens is 6. The van der Waals surface area contributed by atoms with Gasteiger partial charge in [-0.2, -0.15) is 5.10 Å². The van der Waals surface area contributed by atoms with Gasteiger partial charge in [-0.15, -0.1) is 0 Å². The molecule has 1 aliphatic heterocycles. The number of ether oxygens (including phenoxy) is 1. The lowest BCUT2D eigenvalue weighted by molar-refractivity contribution is 0.0968. The van der Waals surface area contributed by atoms with Crippen molar-refractivity contribution in [1.82, 2.24) is 29.7 Å². The third-order valence-electron chi connectivity index (χ3n) is 5.87. The Hall–Kier alpha value is -3.33. The zero-order valence-corrected chi connectivity index (χ0v) is 20.3. The van der Waals surface area contributed by atoms with Crippen molar-refractivity contribution >= 4 is 11.2 Å². The number of nitrogens with zero attached hydrogens (tertiary/aromatic N) is 6. The van der Waals surface area contributed by atoms with Crippen LogP contribution in [0.1, 0.15) is 55.1 Å². The first-order chi connectivity index (χ1) is 16.9. The highest BCUT2D eigenvalue weighted by Crippen LogP contribution is 2.38. The number of rotatable bonds is 2. The van der Waals surface area contributed by atoms with Gasteiger partial charge in [0.15, 0.2) is 5.65 Å². The van der Waals surface area contributed by atoms with Gasteiger partial charge in [0.25, 0.3) is 0 Å². The van der Waals surface area contributed by atoms with Crippen LogP contribution in [0.15, 0.2) is 36.8 Å². The molecule has 1 saturated carbocycles. The average molecular weight is 481 g/mol. The molecule has 0 spiro atoms. The minimum atomic E-state index is -0.690.